The molecule has 3 aromatic rings. The summed E-state index contributed by atoms with van der Waals surface area (Å²) in [4.78, 5) is 15.7. The van der Waals surface area contributed by atoms with Crippen molar-refractivity contribution in [2.24, 2.45) is 0 Å². The fourth-order valence-electron chi connectivity index (χ4n) is 1.99. The highest BCUT2D eigenvalue weighted by Crippen LogP contribution is 2.24. The predicted octanol–water partition coefficient (Wildman–Crippen LogP) is 2.60. The quantitative estimate of drug-likeness (QED) is 0.539. The second-order valence-corrected chi connectivity index (χ2v) is 4.34. The number of pyridine rings is 1. The van der Waals surface area contributed by atoms with Crippen molar-refractivity contribution >= 4 is 11.6 Å². The van der Waals surface area contributed by atoms with E-state index in [4.69, 9.17) is 0 Å². The smallest absolute Gasteiger partial charge is 0.341 e. The number of fused-ring (bicyclic) bond motifs is 1. The van der Waals surface area contributed by atoms with Crippen LogP contribution in [-0.4, -0.2) is 27.7 Å². The van der Waals surface area contributed by atoms with E-state index in [1.54, 1.807) is 0 Å². The Bertz CT molecular complexity index is 892. The Balaban J connectivity index is 2.22. The average molecular weight is 307 g/mol. The monoisotopic (exact) mass is 307 g/mol. The summed E-state index contributed by atoms with van der Waals surface area (Å²) >= 11 is 0. The van der Waals surface area contributed by atoms with Gasteiger partial charge >= 0.3 is 5.97 Å². The van der Waals surface area contributed by atoms with E-state index < -0.39 is 23.4 Å². The Morgan fingerprint density at radius 3 is 2.68 bits per heavy atom. The first-order chi connectivity index (χ1) is 10.5. The van der Waals surface area contributed by atoms with Crippen LogP contribution in [0.4, 0.5) is 13.2 Å². The van der Waals surface area contributed by atoms with Gasteiger partial charge in [0, 0.05) is 6.20 Å². The van der Waals surface area contributed by atoms with Crippen LogP contribution in [0.15, 0.2) is 30.5 Å². The molecule has 0 saturated carbocycles. The van der Waals surface area contributed by atoms with Gasteiger partial charge in [-0.2, -0.15) is 0 Å². The summed E-state index contributed by atoms with van der Waals surface area (Å²) in [5.41, 5.74) is -0.0707. The first kappa shape index (κ1) is 14.1. The Kier molecular flexibility index (Phi) is 3.28. The number of methoxy groups -OCH3 is 1. The predicted molar refractivity (Wildman–Crippen MR) is 69.6 cm³/mol. The first-order valence-corrected chi connectivity index (χ1v) is 6.10. The molecule has 1 aromatic carbocycles. The lowest BCUT2D eigenvalue weighted by Crippen LogP contribution is -2.04. The Morgan fingerprint density at radius 2 is 1.95 bits per heavy atom. The molecule has 2 aromatic heterocycles. The molecule has 0 radical (unpaired) electrons. The fraction of sp³-hybridized carbons (Fsp3) is 0.0714. The molecule has 0 saturated heterocycles. The summed E-state index contributed by atoms with van der Waals surface area (Å²) in [6, 6.07) is 4.79. The molecule has 0 spiro atoms. The molecule has 3 rings (SSSR count). The number of hydrogen-bond donors (Lipinski definition) is 0. The Labute approximate surface area is 122 Å². The molecule has 0 fully saturated rings. The van der Waals surface area contributed by atoms with Gasteiger partial charge in [0.05, 0.1) is 12.7 Å². The highest BCUT2D eigenvalue weighted by Gasteiger charge is 2.20. The Hall–Kier alpha value is -2.90. The van der Waals surface area contributed by atoms with Crippen molar-refractivity contribution in [3.05, 3.63) is 53.5 Å². The average Bonchev–Trinajstić information content (AvgIpc) is 2.95. The van der Waals surface area contributed by atoms with E-state index in [9.17, 15) is 18.0 Å². The molecule has 0 N–H and O–H groups in total. The number of nitrogens with zero attached hydrogens (tertiary/aromatic N) is 3. The summed E-state index contributed by atoms with van der Waals surface area (Å²) < 4.78 is 45.9. The second kappa shape index (κ2) is 5.14. The van der Waals surface area contributed by atoms with Crippen molar-refractivity contribution in [3.63, 3.8) is 0 Å². The SMILES string of the molecule is COC(=O)c1cccn2nc(-c3ccc(F)c(F)c3F)nc12. The minimum absolute atomic E-state index is 0.117. The zero-order valence-electron chi connectivity index (χ0n) is 11.2. The van der Waals surface area contributed by atoms with E-state index in [1.807, 2.05) is 0 Å². The third-order valence-electron chi connectivity index (χ3n) is 3.04. The summed E-state index contributed by atoms with van der Waals surface area (Å²) in [6.45, 7) is 0. The zero-order valence-corrected chi connectivity index (χ0v) is 11.2. The van der Waals surface area contributed by atoms with Crippen LogP contribution in [0.25, 0.3) is 17.0 Å². The molecular weight excluding hydrogens is 299 g/mol. The van der Waals surface area contributed by atoms with E-state index in [2.05, 4.69) is 14.8 Å². The summed E-state index contributed by atoms with van der Waals surface area (Å²) in [6.07, 6.45) is 1.48. The van der Waals surface area contributed by atoms with E-state index in [0.717, 1.165) is 12.1 Å². The van der Waals surface area contributed by atoms with Crippen molar-refractivity contribution in [1.29, 1.82) is 0 Å². The highest BCUT2D eigenvalue weighted by atomic mass is 19.2. The van der Waals surface area contributed by atoms with Crippen LogP contribution >= 0.6 is 0 Å². The van der Waals surface area contributed by atoms with Crippen molar-refractivity contribution in [2.45, 2.75) is 0 Å². The highest BCUT2D eigenvalue weighted by molar-refractivity contribution is 5.95. The van der Waals surface area contributed by atoms with Crippen LogP contribution in [0.2, 0.25) is 0 Å². The van der Waals surface area contributed by atoms with Crippen molar-refractivity contribution < 1.29 is 22.7 Å². The van der Waals surface area contributed by atoms with Gasteiger partial charge in [0.1, 0.15) is 5.56 Å². The number of esters is 1. The van der Waals surface area contributed by atoms with Crippen LogP contribution in [0.3, 0.4) is 0 Å². The minimum Gasteiger partial charge on any atom is -0.465 e. The van der Waals surface area contributed by atoms with Gasteiger partial charge in [0.2, 0.25) is 0 Å². The maximum Gasteiger partial charge on any atom is 0.341 e. The lowest BCUT2D eigenvalue weighted by Gasteiger charge is -1.99. The summed E-state index contributed by atoms with van der Waals surface area (Å²) in [5, 5.41) is 3.96. The zero-order chi connectivity index (χ0) is 15.9. The number of hydrogen-bond acceptors (Lipinski definition) is 4. The standard InChI is InChI=1S/C14H8F3N3O2/c1-22-14(21)8-3-2-6-20-13(8)18-12(19-20)7-4-5-9(15)11(17)10(7)16/h2-6H,1H3. The van der Waals surface area contributed by atoms with E-state index in [-0.39, 0.29) is 22.6 Å². The largest absolute Gasteiger partial charge is 0.465 e. The molecule has 0 bridgehead atoms. The van der Waals surface area contributed by atoms with Crippen LogP contribution in [0.1, 0.15) is 10.4 Å². The maximum absolute atomic E-state index is 13.8. The van der Waals surface area contributed by atoms with Gasteiger partial charge < -0.3 is 4.74 Å². The molecule has 0 aliphatic rings. The van der Waals surface area contributed by atoms with Gasteiger partial charge in [-0.15, -0.1) is 5.10 Å². The molecule has 0 amide bonds. The summed E-state index contributed by atoms with van der Waals surface area (Å²) in [5.74, 6) is -5.12. The number of rotatable bonds is 2. The molecule has 2 heterocycles. The fourth-order valence-corrected chi connectivity index (χ4v) is 1.99. The topological polar surface area (TPSA) is 56.5 Å². The number of ether oxygens (including phenoxy) is 1. The lowest BCUT2D eigenvalue weighted by atomic mass is 10.2. The molecule has 112 valence electrons. The van der Waals surface area contributed by atoms with Gasteiger partial charge in [0.15, 0.2) is 28.9 Å². The molecule has 0 unspecified atom stereocenters. The third-order valence-corrected chi connectivity index (χ3v) is 3.04. The van der Waals surface area contributed by atoms with Crippen molar-refractivity contribution in [3.8, 4) is 11.4 Å². The van der Waals surface area contributed by atoms with Crippen molar-refractivity contribution in [2.75, 3.05) is 7.11 Å². The lowest BCUT2D eigenvalue weighted by molar-refractivity contribution is 0.0602. The molecule has 0 atom stereocenters. The first-order valence-electron chi connectivity index (χ1n) is 6.10. The molecule has 5 nitrogen and oxygen atoms in total. The van der Waals surface area contributed by atoms with Crippen molar-refractivity contribution in [1.82, 2.24) is 14.6 Å². The van der Waals surface area contributed by atoms with Crippen LogP contribution in [-0.2, 0) is 4.74 Å². The van der Waals surface area contributed by atoms with Crippen LogP contribution in [0, 0.1) is 17.5 Å². The molecule has 8 heteroatoms. The number of benzene rings is 1. The molecule has 0 aliphatic carbocycles. The summed E-state index contributed by atoms with van der Waals surface area (Å²) in [7, 11) is 1.21. The van der Waals surface area contributed by atoms with E-state index in [0.29, 0.717) is 0 Å². The molecule has 0 aliphatic heterocycles. The third kappa shape index (κ3) is 2.09. The number of halogens is 3. The van der Waals surface area contributed by atoms with Crippen LogP contribution < -0.4 is 0 Å². The van der Waals surface area contributed by atoms with Crippen LogP contribution in [0.5, 0.6) is 0 Å². The van der Waals surface area contributed by atoms with Gasteiger partial charge in [0.25, 0.3) is 0 Å². The second-order valence-electron chi connectivity index (χ2n) is 4.34. The van der Waals surface area contributed by atoms with Gasteiger partial charge in [-0.05, 0) is 24.3 Å². The molecular formula is C14H8F3N3O2. The molecule has 22 heavy (non-hydrogen) atoms. The maximum atomic E-state index is 13.8. The number of carbonyl (C=O) groups excluding carboxylic acids is 1. The number of aromatic nitrogens is 3. The minimum atomic E-state index is -1.61. The number of carbonyl (C=O) groups is 1. The normalized spacial score (nSPS) is 10.9. The van der Waals surface area contributed by atoms with E-state index in [1.165, 1.54) is 30.0 Å². The Morgan fingerprint density at radius 1 is 1.18 bits per heavy atom. The van der Waals surface area contributed by atoms with Gasteiger partial charge in [-0.1, -0.05) is 0 Å². The van der Waals surface area contributed by atoms with E-state index >= 15 is 0 Å². The van der Waals surface area contributed by atoms with Gasteiger partial charge in [-0.3, -0.25) is 0 Å². The van der Waals surface area contributed by atoms with Gasteiger partial charge in [-0.25, -0.2) is 27.5 Å².